The molecule has 0 rings (SSSR count). The van der Waals surface area contributed by atoms with E-state index in [1.165, 1.54) is 32.1 Å². The van der Waals surface area contributed by atoms with Crippen LogP contribution in [0, 0.1) is 0 Å². The number of allylic oxidation sites excluding steroid dienone is 28. The van der Waals surface area contributed by atoms with E-state index < -0.39 is 6.10 Å². The van der Waals surface area contributed by atoms with Gasteiger partial charge in [-0.05, 0) is 135 Å². The largest absolute Gasteiger partial charge is 0.462 e. The van der Waals surface area contributed by atoms with Crippen molar-refractivity contribution in [1.82, 2.24) is 0 Å². The first-order valence-corrected chi connectivity index (χ1v) is 31.1. The van der Waals surface area contributed by atoms with Crippen molar-refractivity contribution in [3.63, 3.8) is 0 Å². The second-order valence-corrected chi connectivity index (χ2v) is 19.9. The molecule has 0 aromatic rings. The van der Waals surface area contributed by atoms with Crippen LogP contribution in [0.15, 0.2) is 170 Å². The number of hydrogen-bond donors (Lipinski definition) is 0. The summed E-state index contributed by atoms with van der Waals surface area (Å²) in [5, 5.41) is 0. The average molecular weight is 1070 g/mol. The van der Waals surface area contributed by atoms with Crippen LogP contribution in [-0.4, -0.2) is 37.2 Å². The summed E-state index contributed by atoms with van der Waals surface area (Å²) in [6.07, 6.45) is 95.2. The Morgan fingerprint density at radius 2 is 0.500 bits per heavy atom. The molecule has 0 heterocycles. The molecule has 0 radical (unpaired) electrons. The Hall–Kier alpha value is -5.23. The number of hydrogen-bond acceptors (Lipinski definition) is 6. The maximum Gasteiger partial charge on any atom is 0.306 e. The van der Waals surface area contributed by atoms with Gasteiger partial charge in [-0.25, -0.2) is 0 Å². The van der Waals surface area contributed by atoms with E-state index in [4.69, 9.17) is 14.2 Å². The monoisotopic (exact) mass is 1070 g/mol. The molecular formula is C72H112O6. The Balaban J connectivity index is 4.28. The van der Waals surface area contributed by atoms with Gasteiger partial charge in [0.1, 0.15) is 13.2 Å². The van der Waals surface area contributed by atoms with Crippen LogP contribution >= 0.6 is 0 Å². The van der Waals surface area contributed by atoms with Crippen LogP contribution in [0.4, 0.5) is 0 Å². The fraction of sp³-hybridized carbons (Fsp3) is 0.569. The molecule has 0 aromatic heterocycles. The molecule has 0 bridgehead atoms. The summed E-state index contributed by atoms with van der Waals surface area (Å²) in [5.74, 6) is -0.965. The summed E-state index contributed by atoms with van der Waals surface area (Å²) in [4.78, 5) is 38.0. The van der Waals surface area contributed by atoms with Crippen LogP contribution in [0.2, 0.25) is 0 Å². The lowest BCUT2D eigenvalue weighted by atomic mass is 10.1. The number of esters is 3. The lowest BCUT2D eigenvalue weighted by molar-refractivity contribution is -0.167. The summed E-state index contributed by atoms with van der Waals surface area (Å²) < 4.78 is 16.8. The third-order valence-electron chi connectivity index (χ3n) is 12.5. The van der Waals surface area contributed by atoms with Crippen molar-refractivity contribution in [1.29, 1.82) is 0 Å². The lowest BCUT2D eigenvalue weighted by Gasteiger charge is -2.18. The molecule has 0 fully saturated rings. The van der Waals surface area contributed by atoms with E-state index >= 15 is 0 Å². The maximum absolute atomic E-state index is 12.8. The minimum absolute atomic E-state index is 0.102. The predicted molar refractivity (Wildman–Crippen MR) is 338 cm³/mol. The Labute approximate surface area is 479 Å². The van der Waals surface area contributed by atoms with E-state index in [0.717, 1.165) is 173 Å². The fourth-order valence-corrected chi connectivity index (χ4v) is 7.87. The van der Waals surface area contributed by atoms with Crippen molar-refractivity contribution in [2.24, 2.45) is 0 Å². The van der Waals surface area contributed by atoms with Gasteiger partial charge in [0.2, 0.25) is 0 Å². The highest BCUT2D eigenvalue weighted by molar-refractivity contribution is 5.71. The summed E-state index contributed by atoms with van der Waals surface area (Å²) in [7, 11) is 0. The van der Waals surface area contributed by atoms with Gasteiger partial charge in [0, 0.05) is 19.3 Å². The van der Waals surface area contributed by atoms with Crippen molar-refractivity contribution < 1.29 is 28.6 Å². The third kappa shape index (κ3) is 61.6. The van der Waals surface area contributed by atoms with Gasteiger partial charge in [-0.1, -0.05) is 262 Å². The normalized spacial score (nSPS) is 13.3. The van der Waals surface area contributed by atoms with Gasteiger partial charge in [-0.2, -0.15) is 0 Å². The van der Waals surface area contributed by atoms with Crippen LogP contribution < -0.4 is 0 Å². The molecule has 0 aliphatic rings. The summed E-state index contributed by atoms with van der Waals surface area (Å²) >= 11 is 0. The molecule has 6 heteroatoms. The van der Waals surface area contributed by atoms with Crippen LogP contribution in [0.1, 0.15) is 245 Å². The second kappa shape index (κ2) is 64.3. The van der Waals surface area contributed by atoms with Gasteiger partial charge in [0.25, 0.3) is 0 Å². The zero-order valence-electron chi connectivity index (χ0n) is 49.9. The van der Waals surface area contributed by atoms with Gasteiger partial charge in [-0.15, -0.1) is 0 Å². The minimum Gasteiger partial charge on any atom is -0.462 e. The Bertz CT molecular complexity index is 1810. The van der Waals surface area contributed by atoms with Gasteiger partial charge < -0.3 is 14.2 Å². The summed E-state index contributed by atoms with van der Waals surface area (Å²) in [5.41, 5.74) is 0. The van der Waals surface area contributed by atoms with E-state index in [0.29, 0.717) is 12.8 Å². The highest BCUT2D eigenvalue weighted by Gasteiger charge is 2.19. The minimum atomic E-state index is -0.807. The molecule has 78 heavy (non-hydrogen) atoms. The maximum atomic E-state index is 12.8. The summed E-state index contributed by atoms with van der Waals surface area (Å²) in [6, 6.07) is 0. The fourth-order valence-electron chi connectivity index (χ4n) is 7.87. The molecule has 6 nitrogen and oxygen atoms in total. The number of rotatable bonds is 54. The SMILES string of the molecule is CC/C=C\C/C=C\C/C=C\C/C=C\C/C=C\C/C=C\C/C=C\C/C=C\C/C=C\C/C=C\CCCCCCC(=O)OCC(COC(=O)CCCCCCCCCC)OC(=O)CCCCCC/C=C\C/C=C\C/C=C\C/C=C\CC. The van der Waals surface area contributed by atoms with Crippen molar-refractivity contribution in [2.45, 2.75) is 252 Å². The van der Waals surface area contributed by atoms with Crippen LogP contribution in [0.5, 0.6) is 0 Å². The van der Waals surface area contributed by atoms with Crippen LogP contribution in [-0.2, 0) is 28.6 Å². The van der Waals surface area contributed by atoms with Gasteiger partial charge in [0.05, 0.1) is 0 Å². The number of carbonyl (C=O) groups excluding carboxylic acids is 3. The van der Waals surface area contributed by atoms with Crippen LogP contribution in [0.25, 0.3) is 0 Å². The quantitative estimate of drug-likeness (QED) is 0.0261. The molecule has 0 spiro atoms. The van der Waals surface area contributed by atoms with E-state index in [2.05, 4.69) is 191 Å². The third-order valence-corrected chi connectivity index (χ3v) is 12.5. The topological polar surface area (TPSA) is 78.9 Å². The number of carbonyl (C=O) groups is 3. The molecule has 0 saturated heterocycles. The highest BCUT2D eigenvalue weighted by atomic mass is 16.6. The molecule has 0 aliphatic heterocycles. The molecule has 0 N–H and O–H groups in total. The first-order chi connectivity index (χ1) is 38.5. The first-order valence-electron chi connectivity index (χ1n) is 31.1. The van der Waals surface area contributed by atoms with Crippen molar-refractivity contribution in [2.75, 3.05) is 13.2 Å². The average Bonchev–Trinajstić information content (AvgIpc) is 3.44. The predicted octanol–water partition coefficient (Wildman–Crippen LogP) is 21.5. The highest BCUT2D eigenvalue weighted by Crippen LogP contribution is 2.13. The summed E-state index contributed by atoms with van der Waals surface area (Å²) in [6.45, 7) is 6.32. The van der Waals surface area contributed by atoms with E-state index in [9.17, 15) is 14.4 Å². The number of unbranched alkanes of at least 4 members (excludes halogenated alkanes) is 15. The van der Waals surface area contributed by atoms with Gasteiger partial charge >= 0.3 is 17.9 Å². The molecule has 1 unspecified atom stereocenters. The standard InChI is InChI=1S/C72H112O6/c1-4-7-10-13-16-19-21-23-25-27-28-29-30-31-32-33-34-35-36-37-38-39-40-41-42-43-44-46-47-49-51-53-56-59-62-65-71(74)77-68-69(67-76-70(73)64-61-58-55-18-15-12-9-6-3)78-72(75)66-63-60-57-54-52-50-48-45-26-24-22-20-17-14-11-8-5-2/h7-8,10-11,16-17,19-20,23-26,28-29,31-32,34-35,37-38,40-41,43-44,47-50,69H,4-6,9,12-15,18,21-22,27,30,33,36,39,42,45-46,51-68H2,1-3H3/b10-7-,11-8-,19-16-,20-17-,25-23-,26-24-,29-28-,32-31-,35-34-,38-37-,41-40-,44-43-,49-47-,50-48-. The zero-order chi connectivity index (χ0) is 56.4. The molecule has 1 atom stereocenters. The Kier molecular flexibility index (Phi) is 60.0. The molecule has 0 saturated carbocycles. The Morgan fingerprint density at radius 1 is 0.269 bits per heavy atom. The first kappa shape index (κ1) is 72.8. The number of ether oxygens (including phenoxy) is 3. The molecule has 0 aliphatic carbocycles. The Morgan fingerprint density at radius 3 is 0.782 bits per heavy atom. The van der Waals surface area contributed by atoms with Crippen LogP contribution in [0.3, 0.4) is 0 Å². The van der Waals surface area contributed by atoms with Gasteiger partial charge in [0.15, 0.2) is 6.10 Å². The van der Waals surface area contributed by atoms with Crippen molar-refractivity contribution in [3.8, 4) is 0 Å². The molecule has 436 valence electrons. The van der Waals surface area contributed by atoms with Crippen molar-refractivity contribution >= 4 is 17.9 Å². The van der Waals surface area contributed by atoms with E-state index in [1.807, 2.05) is 0 Å². The lowest BCUT2D eigenvalue weighted by Crippen LogP contribution is -2.30. The zero-order valence-corrected chi connectivity index (χ0v) is 49.9. The van der Waals surface area contributed by atoms with Crippen molar-refractivity contribution in [3.05, 3.63) is 170 Å². The molecule has 0 amide bonds. The smallest absolute Gasteiger partial charge is 0.306 e. The van der Waals surface area contributed by atoms with E-state index in [1.54, 1.807) is 0 Å². The van der Waals surface area contributed by atoms with E-state index in [-0.39, 0.29) is 37.5 Å². The second-order valence-electron chi connectivity index (χ2n) is 19.9. The van der Waals surface area contributed by atoms with Gasteiger partial charge in [-0.3, -0.25) is 14.4 Å². The molecule has 0 aromatic carbocycles. The molecular weight excluding hydrogens is 961 g/mol.